The number of sulfonamides is 1. The van der Waals surface area contributed by atoms with Crippen LogP contribution in [0.25, 0.3) is 0 Å². The van der Waals surface area contributed by atoms with Crippen LogP contribution < -0.4 is 10.5 Å². The number of rotatable bonds is 6. The molecule has 0 aliphatic heterocycles. The molecule has 0 aromatic heterocycles. The van der Waals surface area contributed by atoms with Crippen molar-refractivity contribution >= 4 is 10.0 Å². The SMILES string of the molecule is CC(CN)S(=O)(=O)NCCC1CCCCC1. The van der Waals surface area contributed by atoms with Crippen molar-refractivity contribution in [3.05, 3.63) is 0 Å². The molecular formula is C11H24N2O2S. The Morgan fingerprint density at radius 3 is 2.50 bits per heavy atom. The van der Waals surface area contributed by atoms with Crippen molar-refractivity contribution in [2.45, 2.75) is 50.7 Å². The highest BCUT2D eigenvalue weighted by molar-refractivity contribution is 7.90. The molecule has 16 heavy (non-hydrogen) atoms. The third kappa shape index (κ3) is 4.39. The zero-order chi connectivity index (χ0) is 12.0. The Labute approximate surface area is 99.0 Å². The highest BCUT2D eigenvalue weighted by Crippen LogP contribution is 2.25. The molecule has 0 bridgehead atoms. The fourth-order valence-electron chi connectivity index (χ4n) is 2.15. The standard InChI is InChI=1S/C11H24N2O2S/c1-10(9-12)16(14,15)13-8-7-11-5-3-2-4-6-11/h10-11,13H,2-9,12H2,1H3. The van der Waals surface area contributed by atoms with Crippen LogP contribution in [0.2, 0.25) is 0 Å². The van der Waals surface area contributed by atoms with Crippen LogP contribution in [0.3, 0.4) is 0 Å². The molecule has 1 aliphatic rings. The second-order valence-corrected chi connectivity index (χ2v) is 6.96. The molecule has 1 rings (SSSR count). The topological polar surface area (TPSA) is 72.2 Å². The van der Waals surface area contributed by atoms with Crippen molar-refractivity contribution in [3.63, 3.8) is 0 Å². The summed E-state index contributed by atoms with van der Waals surface area (Å²) in [5.41, 5.74) is 5.35. The average Bonchev–Trinajstić information content (AvgIpc) is 2.29. The van der Waals surface area contributed by atoms with Gasteiger partial charge in [-0.2, -0.15) is 0 Å². The zero-order valence-electron chi connectivity index (χ0n) is 10.1. The van der Waals surface area contributed by atoms with Crippen molar-refractivity contribution < 1.29 is 8.42 Å². The van der Waals surface area contributed by atoms with E-state index in [1.54, 1.807) is 6.92 Å². The summed E-state index contributed by atoms with van der Waals surface area (Å²) < 4.78 is 25.9. The molecule has 0 radical (unpaired) electrons. The van der Waals surface area contributed by atoms with Crippen molar-refractivity contribution in [1.29, 1.82) is 0 Å². The van der Waals surface area contributed by atoms with E-state index in [1.807, 2.05) is 0 Å². The summed E-state index contributed by atoms with van der Waals surface area (Å²) in [7, 11) is -3.19. The van der Waals surface area contributed by atoms with Gasteiger partial charge >= 0.3 is 0 Å². The van der Waals surface area contributed by atoms with Crippen molar-refractivity contribution in [2.24, 2.45) is 11.7 Å². The average molecular weight is 248 g/mol. The number of nitrogens with two attached hydrogens (primary N) is 1. The summed E-state index contributed by atoms with van der Waals surface area (Å²) in [6, 6.07) is 0. The molecule has 0 saturated heterocycles. The minimum absolute atomic E-state index is 0.179. The lowest BCUT2D eigenvalue weighted by atomic mass is 9.87. The minimum Gasteiger partial charge on any atom is -0.329 e. The molecule has 1 aliphatic carbocycles. The van der Waals surface area contributed by atoms with Crippen molar-refractivity contribution in [2.75, 3.05) is 13.1 Å². The first-order valence-electron chi connectivity index (χ1n) is 6.25. The van der Waals surface area contributed by atoms with Gasteiger partial charge in [-0.3, -0.25) is 0 Å². The molecule has 1 unspecified atom stereocenters. The molecule has 0 aromatic rings. The molecule has 0 aromatic carbocycles. The van der Waals surface area contributed by atoms with Gasteiger partial charge in [-0.25, -0.2) is 13.1 Å². The van der Waals surface area contributed by atoms with Gasteiger partial charge < -0.3 is 5.73 Å². The minimum atomic E-state index is -3.19. The molecule has 0 spiro atoms. The molecule has 0 amide bonds. The van der Waals surface area contributed by atoms with Gasteiger partial charge in [0.25, 0.3) is 0 Å². The molecule has 0 heterocycles. The van der Waals surface area contributed by atoms with Gasteiger partial charge in [0, 0.05) is 13.1 Å². The van der Waals surface area contributed by atoms with Gasteiger partial charge in [0.1, 0.15) is 0 Å². The lowest BCUT2D eigenvalue weighted by Gasteiger charge is -2.21. The second kappa shape index (κ2) is 6.57. The zero-order valence-corrected chi connectivity index (χ0v) is 10.9. The monoisotopic (exact) mass is 248 g/mol. The third-order valence-corrected chi connectivity index (χ3v) is 5.30. The lowest BCUT2D eigenvalue weighted by molar-refractivity contribution is 0.339. The lowest BCUT2D eigenvalue weighted by Crippen LogP contribution is -2.37. The Kier molecular flexibility index (Phi) is 5.72. The summed E-state index contributed by atoms with van der Waals surface area (Å²) >= 11 is 0. The number of hydrogen-bond donors (Lipinski definition) is 2. The highest BCUT2D eigenvalue weighted by atomic mass is 32.2. The Morgan fingerprint density at radius 2 is 1.94 bits per heavy atom. The maximum atomic E-state index is 11.6. The van der Waals surface area contributed by atoms with E-state index in [0.717, 1.165) is 6.42 Å². The van der Waals surface area contributed by atoms with Gasteiger partial charge in [-0.15, -0.1) is 0 Å². The van der Waals surface area contributed by atoms with E-state index in [2.05, 4.69) is 4.72 Å². The van der Waals surface area contributed by atoms with Crippen molar-refractivity contribution in [1.82, 2.24) is 4.72 Å². The molecule has 96 valence electrons. The fourth-order valence-corrected chi connectivity index (χ4v) is 3.09. The molecule has 4 nitrogen and oxygen atoms in total. The van der Waals surface area contributed by atoms with Gasteiger partial charge in [-0.05, 0) is 19.3 Å². The van der Waals surface area contributed by atoms with Crippen LogP contribution >= 0.6 is 0 Å². The van der Waals surface area contributed by atoms with E-state index in [1.165, 1.54) is 32.1 Å². The van der Waals surface area contributed by atoms with Crippen LogP contribution in [-0.2, 0) is 10.0 Å². The van der Waals surface area contributed by atoms with Gasteiger partial charge in [-0.1, -0.05) is 32.1 Å². The third-order valence-electron chi connectivity index (χ3n) is 3.44. The largest absolute Gasteiger partial charge is 0.329 e. The predicted octanol–water partition coefficient (Wildman–Crippen LogP) is 1.22. The van der Waals surface area contributed by atoms with Crippen LogP contribution in [0.1, 0.15) is 45.4 Å². The summed E-state index contributed by atoms with van der Waals surface area (Å²) in [5.74, 6) is 0.713. The van der Waals surface area contributed by atoms with Crippen molar-refractivity contribution in [3.8, 4) is 0 Å². The molecular weight excluding hydrogens is 224 g/mol. The quantitative estimate of drug-likeness (QED) is 0.742. The molecule has 5 heteroatoms. The molecule has 1 fully saturated rings. The van der Waals surface area contributed by atoms with Crippen LogP contribution in [0.5, 0.6) is 0 Å². The van der Waals surface area contributed by atoms with Crippen LogP contribution in [-0.4, -0.2) is 26.8 Å². The van der Waals surface area contributed by atoms with E-state index >= 15 is 0 Å². The van der Waals surface area contributed by atoms with E-state index in [-0.39, 0.29) is 6.54 Å². The van der Waals surface area contributed by atoms with Crippen LogP contribution in [0, 0.1) is 5.92 Å². The smallest absolute Gasteiger partial charge is 0.215 e. The highest BCUT2D eigenvalue weighted by Gasteiger charge is 2.19. The maximum Gasteiger partial charge on any atom is 0.215 e. The Hall–Kier alpha value is -0.130. The second-order valence-electron chi connectivity index (χ2n) is 4.78. The molecule has 3 N–H and O–H groups in total. The molecule has 1 atom stereocenters. The first-order chi connectivity index (χ1) is 7.56. The first kappa shape index (κ1) is 13.9. The maximum absolute atomic E-state index is 11.6. The first-order valence-corrected chi connectivity index (χ1v) is 7.79. The number of hydrogen-bond acceptors (Lipinski definition) is 3. The van der Waals surface area contributed by atoms with Gasteiger partial charge in [0.2, 0.25) is 10.0 Å². The van der Waals surface area contributed by atoms with Crippen LogP contribution in [0.4, 0.5) is 0 Å². The number of nitrogens with one attached hydrogen (secondary N) is 1. The normalized spacial score (nSPS) is 20.9. The Morgan fingerprint density at radius 1 is 1.31 bits per heavy atom. The van der Waals surface area contributed by atoms with E-state index in [9.17, 15) is 8.42 Å². The predicted molar refractivity (Wildman–Crippen MR) is 66.6 cm³/mol. The summed E-state index contributed by atoms with van der Waals surface area (Å²) in [4.78, 5) is 0. The summed E-state index contributed by atoms with van der Waals surface area (Å²) in [6.45, 7) is 2.39. The molecule has 1 saturated carbocycles. The van der Waals surface area contributed by atoms with E-state index in [0.29, 0.717) is 12.5 Å². The Balaban J connectivity index is 2.23. The van der Waals surface area contributed by atoms with Gasteiger partial charge in [0.05, 0.1) is 5.25 Å². The van der Waals surface area contributed by atoms with E-state index in [4.69, 9.17) is 5.73 Å². The summed E-state index contributed by atoms with van der Waals surface area (Å²) in [6.07, 6.45) is 7.43. The van der Waals surface area contributed by atoms with Gasteiger partial charge in [0.15, 0.2) is 0 Å². The van der Waals surface area contributed by atoms with E-state index < -0.39 is 15.3 Å². The Bertz CT molecular complexity index is 284. The van der Waals surface area contributed by atoms with Crippen LogP contribution in [0.15, 0.2) is 0 Å². The summed E-state index contributed by atoms with van der Waals surface area (Å²) in [5, 5.41) is -0.487. The fraction of sp³-hybridized carbons (Fsp3) is 1.00.